The molecule has 0 aliphatic rings. The summed E-state index contributed by atoms with van der Waals surface area (Å²) in [5, 5.41) is 8.64. The summed E-state index contributed by atoms with van der Waals surface area (Å²) in [4.78, 5) is 33.2. The number of ether oxygens (including phenoxy) is 2. The Balaban J connectivity index is 1.49. The predicted octanol–water partition coefficient (Wildman–Crippen LogP) is 4.31. The maximum atomic E-state index is 13.0. The summed E-state index contributed by atoms with van der Waals surface area (Å²) >= 11 is 0. The molecule has 0 fully saturated rings. The van der Waals surface area contributed by atoms with E-state index in [1.807, 2.05) is 54.7 Å². The summed E-state index contributed by atoms with van der Waals surface area (Å²) in [6, 6.07) is 16.1. The fourth-order valence-electron chi connectivity index (χ4n) is 3.74. The maximum Gasteiger partial charge on any atom is 0.408 e. The van der Waals surface area contributed by atoms with Crippen LogP contribution in [0.1, 0.15) is 32.0 Å². The van der Waals surface area contributed by atoms with Crippen molar-refractivity contribution in [2.24, 2.45) is 5.10 Å². The molecule has 9 nitrogen and oxygen atoms in total. The third-order valence-corrected chi connectivity index (χ3v) is 5.40. The lowest BCUT2D eigenvalue weighted by atomic mass is 10.0. The molecule has 0 unspecified atom stereocenters. The Bertz CT molecular complexity index is 1420. The van der Waals surface area contributed by atoms with Gasteiger partial charge in [0.2, 0.25) is 0 Å². The van der Waals surface area contributed by atoms with Crippen LogP contribution in [0.25, 0.3) is 21.8 Å². The van der Waals surface area contributed by atoms with Crippen LogP contribution in [0.2, 0.25) is 0 Å². The zero-order valence-electron chi connectivity index (χ0n) is 20.7. The van der Waals surface area contributed by atoms with E-state index in [0.29, 0.717) is 5.69 Å². The molecular weight excluding hydrogens is 458 g/mol. The molecule has 0 spiro atoms. The van der Waals surface area contributed by atoms with E-state index in [0.717, 1.165) is 33.1 Å². The first-order valence-electron chi connectivity index (χ1n) is 11.5. The van der Waals surface area contributed by atoms with Crippen molar-refractivity contribution in [2.75, 3.05) is 7.11 Å². The number of nitrogens with zero attached hydrogens (tertiary/aromatic N) is 2. The lowest BCUT2D eigenvalue weighted by Crippen LogP contribution is -2.48. The van der Waals surface area contributed by atoms with Crippen molar-refractivity contribution in [1.29, 1.82) is 0 Å². The van der Waals surface area contributed by atoms with Gasteiger partial charge in [-0.2, -0.15) is 5.10 Å². The van der Waals surface area contributed by atoms with Crippen molar-refractivity contribution in [3.63, 3.8) is 0 Å². The lowest BCUT2D eigenvalue weighted by Gasteiger charge is -2.22. The molecule has 0 aliphatic heterocycles. The number of hydrogen-bond donors (Lipinski definition) is 3. The Labute approximate surface area is 208 Å². The number of aromatic nitrogens is 2. The highest BCUT2D eigenvalue weighted by molar-refractivity contribution is 5.90. The number of amides is 2. The van der Waals surface area contributed by atoms with Crippen molar-refractivity contribution in [2.45, 2.75) is 38.8 Å². The summed E-state index contributed by atoms with van der Waals surface area (Å²) in [7, 11) is 1.61. The second-order valence-corrected chi connectivity index (χ2v) is 9.29. The van der Waals surface area contributed by atoms with Gasteiger partial charge in [0.1, 0.15) is 17.4 Å². The highest BCUT2D eigenvalue weighted by Gasteiger charge is 2.25. The van der Waals surface area contributed by atoms with Gasteiger partial charge in [-0.15, -0.1) is 0 Å². The normalized spacial score (nSPS) is 12.6. The first kappa shape index (κ1) is 24.7. The number of carbonyl (C=O) groups excluding carboxylic acids is 2. The van der Waals surface area contributed by atoms with Crippen LogP contribution in [0.5, 0.6) is 5.75 Å². The van der Waals surface area contributed by atoms with Crippen molar-refractivity contribution in [3.05, 3.63) is 72.1 Å². The molecule has 2 amide bonds. The quantitative estimate of drug-likeness (QED) is 0.265. The van der Waals surface area contributed by atoms with Crippen LogP contribution in [0, 0.1) is 0 Å². The van der Waals surface area contributed by atoms with Crippen molar-refractivity contribution in [3.8, 4) is 5.75 Å². The van der Waals surface area contributed by atoms with Crippen LogP contribution < -0.4 is 15.5 Å². The first-order chi connectivity index (χ1) is 17.2. The Morgan fingerprint density at radius 3 is 2.72 bits per heavy atom. The molecule has 4 rings (SSSR count). The van der Waals surface area contributed by atoms with Gasteiger partial charge >= 0.3 is 6.09 Å². The number of aromatic amines is 1. The molecule has 186 valence electrons. The van der Waals surface area contributed by atoms with Crippen LogP contribution in [-0.2, 0) is 16.0 Å². The van der Waals surface area contributed by atoms with E-state index < -0.39 is 23.6 Å². The number of H-pyrrole nitrogens is 1. The Morgan fingerprint density at radius 1 is 1.14 bits per heavy atom. The number of carbonyl (C=O) groups is 2. The minimum absolute atomic E-state index is 0.251. The molecule has 1 atom stereocenters. The fraction of sp³-hybridized carbons (Fsp3) is 0.259. The lowest BCUT2D eigenvalue weighted by molar-refractivity contribution is -0.123. The largest absolute Gasteiger partial charge is 0.497 e. The molecule has 3 N–H and O–H groups in total. The molecule has 4 aromatic rings. The number of pyridine rings is 1. The van der Waals surface area contributed by atoms with E-state index in [9.17, 15) is 9.59 Å². The molecule has 9 heteroatoms. The average molecular weight is 488 g/mol. The molecule has 2 aromatic heterocycles. The van der Waals surface area contributed by atoms with Gasteiger partial charge in [-0.3, -0.25) is 4.79 Å². The Morgan fingerprint density at radius 2 is 1.94 bits per heavy atom. The van der Waals surface area contributed by atoms with E-state index in [1.165, 1.54) is 6.21 Å². The van der Waals surface area contributed by atoms with Gasteiger partial charge in [0.25, 0.3) is 5.91 Å². The van der Waals surface area contributed by atoms with Gasteiger partial charge in [-0.1, -0.05) is 24.3 Å². The molecule has 36 heavy (non-hydrogen) atoms. The SMILES string of the molecule is COc1ccc2nc(/C=N\NC(=O)[C@H](Cc3c[nH]c4ccccc34)NC(=O)OC(C)(C)C)ccc2c1. The minimum atomic E-state index is -0.909. The van der Waals surface area contributed by atoms with E-state index in [4.69, 9.17) is 9.47 Å². The Hall–Kier alpha value is -4.40. The van der Waals surface area contributed by atoms with Gasteiger partial charge in [-0.25, -0.2) is 15.2 Å². The molecule has 2 heterocycles. The van der Waals surface area contributed by atoms with Crippen LogP contribution >= 0.6 is 0 Å². The third kappa shape index (κ3) is 6.18. The van der Waals surface area contributed by atoms with E-state index in [-0.39, 0.29) is 6.42 Å². The van der Waals surface area contributed by atoms with E-state index >= 15 is 0 Å². The summed E-state index contributed by atoms with van der Waals surface area (Å²) < 4.78 is 10.6. The molecule has 0 aliphatic carbocycles. The van der Waals surface area contributed by atoms with Gasteiger partial charge in [-0.05, 0) is 56.7 Å². The topological polar surface area (TPSA) is 118 Å². The van der Waals surface area contributed by atoms with Gasteiger partial charge in [0.15, 0.2) is 0 Å². The molecule has 2 aromatic carbocycles. The zero-order chi connectivity index (χ0) is 25.7. The predicted molar refractivity (Wildman–Crippen MR) is 139 cm³/mol. The smallest absolute Gasteiger partial charge is 0.408 e. The molecular formula is C27H29N5O4. The third-order valence-electron chi connectivity index (χ3n) is 5.40. The van der Waals surface area contributed by atoms with E-state index in [2.05, 4.69) is 25.8 Å². The molecule has 0 saturated carbocycles. The van der Waals surface area contributed by atoms with Crippen molar-refractivity contribution in [1.82, 2.24) is 20.7 Å². The van der Waals surface area contributed by atoms with Gasteiger partial charge in [0, 0.05) is 28.9 Å². The number of fused-ring (bicyclic) bond motifs is 2. The van der Waals surface area contributed by atoms with Crippen LogP contribution in [0.15, 0.2) is 65.9 Å². The standard InChI is InChI=1S/C27H29N5O4/c1-27(2,3)36-26(34)31-24(14-18-15-28-23-8-6-5-7-21(18)23)25(33)32-29-16-19-10-9-17-13-20(35-4)11-12-22(17)30-19/h5-13,15-16,24,28H,14H2,1-4H3,(H,31,34)(H,32,33)/b29-16-/t24-/m0/s1. The molecule has 0 radical (unpaired) electrons. The average Bonchev–Trinajstić information content (AvgIpc) is 3.25. The maximum absolute atomic E-state index is 13.0. The summed E-state index contributed by atoms with van der Waals surface area (Å²) in [6.45, 7) is 5.29. The van der Waals surface area contributed by atoms with E-state index in [1.54, 1.807) is 33.9 Å². The number of para-hydroxylation sites is 1. The zero-order valence-corrected chi connectivity index (χ0v) is 20.7. The minimum Gasteiger partial charge on any atom is -0.497 e. The molecule has 0 saturated heterocycles. The van der Waals surface area contributed by atoms with Crippen LogP contribution in [0.3, 0.4) is 0 Å². The number of benzene rings is 2. The number of methoxy groups -OCH3 is 1. The van der Waals surface area contributed by atoms with Crippen molar-refractivity contribution < 1.29 is 19.1 Å². The number of rotatable bonds is 7. The number of hydrazone groups is 1. The second kappa shape index (κ2) is 10.5. The number of hydrogen-bond acceptors (Lipinski definition) is 6. The summed E-state index contributed by atoms with van der Waals surface area (Å²) in [5.41, 5.74) is 4.99. The van der Waals surface area contributed by atoms with Crippen LogP contribution in [0.4, 0.5) is 4.79 Å². The van der Waals surface area contributed by atoms with Crippen LogP contribution in [-0.4, -0.2) is 46.9 Å². The fourth-order valence-corrected chi connectivity index (χ4v) is 3.74. The summed E-state index contributed by atoms with van der Waals surface area (Å²) in [6.07, 6.45) is 2.86. The van der Waals surface area contributed by atoms with Gasteiger partial charge in [0.05, 0.1) is 24.5 Å². The second-order valence-electron chi connectivity index (χ2n) is 9.29. The number of alkyl carbamates (subject to hydrolysis) is 1. The number of nitrogens with one attached hydrogen (secondary N) is 3. The monoisotopic (exact) mass is 487 g/mol. The highest BCUT2D eigenvalue weighted by atomic mass is 16.6. The summed E-state index contributed by atoms with van der Waals surface area (Å²) in [5.74, 6) is 0.268. The Kier molecular flexibility index (Phi) is 7.19. The van der Waals surface area contributed by atoms with Crippen molar-refractivity contribution >= 4 is 40.0 Å². The van der Waals surface area contributed by atoms with Gasteiger partial charge < -0.3 is 19.8 Å². The first-order valence-corrected chi connectivity index (χ1v) is 11.5. The molecule has 0 bridgehead atoms. The highest BCUT2D eigenvalue weighted by Crippen LogP contribution is 2.20.